The molecule has 0 aliphatic carbocycles. The molecule has 0 bridgehead atoms. The van der Waals surface area contributed by atoms with Gasteiger partial charge in [0.15, 0.2) is 5.54 Å². The zero-order valence-corrected chi connectivity index (χ0v) is 10.9. The molecule has 0 aliphatic rings. The van der Waals surface area contributed by atoms with E-state index in [9.17, 15) is 9.59 Å². The van der Waals surface area contributed by atoms with Crippen LogP contribution < -0.4 is 5.32 Å². The lowest BCUT2D eigenvalue weighted by atomic mass is 10.0. The summed E-state index contributed by atoms with van der Waals surface area (Å²) in [6.45, 7) is 3.29. The predicted octanol–water partition coefficient (Wildman–Crippen LogP) is 0.734. The number of ether oxygens (including phenoxy) is 1. The zero-order valence-electron chi connectivity index (χ0n) is 10.1. The average Bonchev–Trinajstić information content (AvgIpc) is 2.17. The highest BCUT2D eigenvalue weighted by Gasteiger charge is 2.35. The summed E-state index contributed by atoms with van der Waals surface area (Å²) in [5, 5.41) is 11.7. The van der Waals surface area contributed by atoms with E-state index in [1.165, 1.54) is 14.0 Å². The maximum Gasteiger partial charge on any atom is 0.331 e. The second-order valence-corrected chi connectivity index (χ2v) is 5.15. The first kappa shape index (κ1) is 15.2. The van der Waals surface area contributed by atoms with Crippen LogP contribution in [0.25, 0.3) is 0 Å². The molecule has 16 heavy (non-hydrogen) atoms. The lowest BCUT2D eigenvalue weighted by Gasteiger charge is -2.25. The van der Waals surface area contributed by atoms with E-state index in [1.54, 1.807) is 11.8 Å². The minimum absolute atomic E-state index is 0.0538. The van der Waals surface area contributed by atoms with Gasteiger partial charge in [0, 0.05) is 18.8 Å². The number of aliphatic carboxylic acids is 1. The maximum atomic E-state index is 11.6. The lowest BCUT2D eigenvalue weighted by Crippen LogP contribution is -2.55. The Hall–Kier alpha value is -0.750. The van der Waals surface area contributed by atoms with Crippen LogP contribution in [0.3, 0.4) is 0 Å². The molecule has 94 valence electrons. The Morgan fingerprint density at radius 3 is 2.50 bits per heavy atom. The molecule has 0 aromatic rings. The average molecular weight is 249 g/mol. The molecule has 0 rings (SSSR count). The van der Waals surface area contributed by atoms with Crippen molar-refractivity contribution >= 4 is 23.6 Å². The van der Waals surface area contributed by atoms with E-state index in [0.29, 0.717) is 6.42 Å². The molecule has 6 heteroatoms. The van der Waals surface area contributed by atoms with Crippen LogP contribution in [0.5, 0.6) is 0 Å². The highest BCUT2D eigenvalue weighted by Crippen LogP contribution is 2.11. The van der Waals surface area contributed by atoms with Crippen molar-refractivity contribution in [2.45, 2.75) is 31.1 Å². The molecule has 0 spiro atoms. The number of amides is 1. The number of hydrogen-bond donors (Lipinski definition) is 2. The van der Waals surface area contributed by atoms with E-state index < -0.39 is 11.5 Å². The largest absolute Gasteiger partial charge is 0.479 e. The molecule has 0 fully saturated rings. The van der Waals surface area contributed by atoms with Crippen molar-refractivity contribution in [3.63, 3.8) is 0 Å². The number of methoxy groups -OCH3 is 1. The Labute approximate surface area is 99.9 Å². The molecule has 2 N–H and O–H groups in total. The summed E-state index contributed by atoms with van der Waals surface area (Å²) in [5.74, 6) is -1.37. The Kier molecular flexibility index (Phi) is 6.43. The van der Waals surface area contributed by atoms with E-state index in [-0.39, 0.29) is 17.8 Å². The molecule has 1 amide bonds. The van der Waals surface area contributed by atoms with Crippen LogP contribution in [0.2, 0.25) is 0 Å². The molecule has 0 saturated heterocycles. The topological polar surface area (TPSA) is 75.6 Å². The van der Waals surface area contributed by atoms with Crippen molar-refractivity contribution in [1.82, 2.24) is 5.32 Å². The first-order valence-electron chi connectivity index (χ1n) is 4.92. The standard InChI is InChI=1S/C10H19NO4S/c1-7(16-4)5-8(12)11-10(2,6-15-3)9(13)14/h7H,5-6H2,1-4H3,(H,11,12)(H,13,14). The van der Waals surface area contributed by atoms with Crippen molar-refractivity contribution in [2.75, 3.05) is 20.0 Å². The number of carboxylic acids is 1. The van der Waals surface area contributed by atoms with Gasteiger partial charge in [0.1, 0.15) is 0 Å². The second kappa shape index (κ2) is 6.75. The molecule has 0 heterocycles. The quantitative estimate of drug-likeness (QED) is 0.696. The molecule has 0 aromatic heterocycles. The summed E-state index contributed by atoms with van der Waals surface area (Å²) < 4.78 is 4.80. The predicted molar refractivity (Wildman–Crippen MR) is 63.7 cm³/mol. The van der Waals surface area contributed by atoms with Gasteiger partial charge in [-0.25, -0.2) is 4.79 Å². The number of rotatable bonds is 7. The smallest absolute Gasteiger partial charge is 0.331 e. The van der Waals surface area contributed by atoms with Crippen LogP contribution in [0.15, 0.2) is 0 Å². The van der Waals surface area contributed by atoms with Crippen molar-refractivity contribution in [3.8, 4) is 0 Å². The first-order chi connectivity index (χ1) is 7.35. The minimum Gasteiger partial charge on any atom is -0.479 e. The normalized spacial score (nSPS) is 16.2. The zero-order chi connectivity index (χ0) is 12.8. The Balaban J connectivity index is 4.41. The minimum atomic E-state index is -1.36. The van der Waals surface area contributed by atoms with Crippen molar-refractivity contribution < 1.29 is 19.4 Å². The number of hydrogen-bond acceptors (Lipinski definition) is 4. The number of carbonyl (C=O) groups excluding carboxylic acids is 1. The van der Waals surface area contributed by atoms with Crippen molar-refractivity contribution in [3.05, 3.63) is 0 Å². The first-order valence-corrected chi connectivity index (χ1v) is 6.20. The van der Waals surface area contributed by atoms with Gasteiger partial charge in [0.2, 0.25) is 5.91 Å². The van der Waals surface area contributed by atoms with Gasteiger partial charge in [-0.15, -0.1) is 0 Å². The van der Waals surface area contributed by atoms with Gasteiger partial charge in [-0.2, -0.15) is 11.8 Å². The van der Waals surface area contributed by atoms with E-state index in [1.807, 2.05) is 13.2 Å². The van der Waals surface area contributed by atoms with E-state index in [2.05, 4.69) is 5.32 Å². The highest BCUT2D eigenvalue weighted by molar-refractivity contribution is 7.99. The molecule has 0 aromatic carbocycles. The van der Waals surface area contributed by atoms with E-state index >= 15 is 0 Å². The SMILES string of the molecule is COCC(C)(NC(=O)CC(C)SC)C(=O)O. The van der Waals surface area contributed by atoms with Crippen LogP contribution in [0.4, 0.5) is 0 Å². The summed E-state index contributed by atoms with van der Waals surface area (Å²) >= 11 is 1.56. The second-order valence-electron chi connectivity index (χ2n) is 3.87. The summed E-state index contributed by atoms with van der Waals surface area (Å²) in [6, 6.07) is 0. The van der Waals surface area contributed by atoms with Crippen LogP contribution in [0.1, 0.15) is 20.3 Å². The van der Waals surface area contributed by atoms with Gasteiger partial charge in [-0.3, -0.25) is 4.79 Å². The number of nitrogens with one attached hydrogen (secondary N) is 1. The third kappa shape index (κ3) is 4.85. The van der Waals surface area contributed by atoms with Crippen LogP contribution in [-0.2, 0) is 14.3 Å². The van der Waals surface area contributed by atoms with E-state index in [0.717, 1.165) is 0 Å². The van der Waals surface area contributed by atoms with Gasteiger partial charge >= 0.3 is 5.97 Å². The van der Waals surface area contributed by atoms with Gasteiger partial charge in [0.05, 0.1) is 6.61 Å². The Morgan fingerprint density at radius 2 is 2.12 bits per heavy atom. The van der Waals surface area contributed by atoms with E-state index in [4.69, 9.17) is 9.84 Å². The molecular formula is C10H19NO4S. The van der Waals surface area contributed by atoms with Crippen molar-refractivity contribution in [2.24, 2.45) is 0 Å². The molecular weight excluding hydrogens is 230 g/mol. The number of carbonyl (C=O) groups is 2. The summed E-state index contributed by atoms with van der Waals surface area (Å²) in [5.41, 5.74) is -1.36. The molecule has 0 saturated carbocycles. The lowest BCUT2D eigenvalue weighted by molar-refractivity contribution is -0.149. The van der Waals surface area contributed by atoms with Crippen LogP contribution >= 0.6 is 11.8 Å². The summed E-state index contributed by atoms with van der Waals surface area (Å²) in [7, 11) is 1.40. The van der Waals surface area contributed by atoms with Crippen LogP contribution in [-0.4, -0.2) is 47.7 Å². The monoisotopic (exact) mass is 249 g/mol. The summed E-state index contributed by atoms with van der Waals surface area (Å²) in [4.78, 5) is 22.6. The molecule has 2 atom stereocenters. The fourth-order valence-corrected chi connectivity index (χ4v) is 1.46. The van der Waals surface area contributed by atoms with Gasteiger partial charge in [-0.05, 0) is 13.2 Å². The highest BCUT2D eigenvalue weighted by atomic mass is 32.2. The third-order valence-electron chi connectivity index (χ3n) is 2.20. The molecule has 0 aliphatic heterocycles. The number of thioether (sulfide) groups is 1. The fraction of sp³-hybridized carbons (Fsp3) is 0.800. The molecule has 2 unspecified atom stereocenters. The van der Waals surface area contributed by atoms with Gasteiger partial charge in [0.25, 0.3) is 0 Å². The Morgan fingerprint density at radius 1 is 1.56 bits per heavy atom. The van der Waals surface area contributed by atoms with Crippen LogP contribution in [0, 0.1) is 0 Å². The number of carboxylic acid groups (broad SMARTS) is 1. The van der Waals surface area contributed by atoms with Gasteiger partial charge < -0.3 is 15.2 Å². The third-order valence-corrected chi connectivity index (χ3v) is 3.17. The van der Waals surface area contributed by atoms with Gasteiger partial charge in [-0.1, -0.05) is 6.92 Å². The Bertz CT molecular complexity index is 259. The molecule has 0 radical (unpaired) electrons. The fourth-order valence-electron chi connectivity index (χ4n) is 1.14. The maximum absolute atomic E-state index is 11.6. The molecule has 5 nitrogen and oxygen atoms in total. The van der Waals surface area contributed by atoms with Crippen molar-refractivity contribution in [1.29, 1.82) is 0 Å². The summed E-state index contributed by atoms with van der Waals surface area (Å²) in [6.07, 6.45) is 2.21.